The first kappa shape index (κ1) is 15.1. The second kappa shape index (κ2) is 6.95. The number of rotatable bonds is 5. The van der Waals surface area contributed by atoms with Crippen LogP contribution in [0, 0.1) is 4.64 Å². The van der Waals surface area contributed by atoms with Crippen LogP contribution in [0.5, 0.6) is 0 Å². The lowest BCUT2D eigenvalue weighted by Gasteiger charge is -2.06. The van der Waals surface area contributed by atoms with Crippen molar-refractivity contribution in [1.82, 2.24) is 9.97 Å². The van der Waals surface area contributed by atoms with Gasteiger partial charge in [-0.05, 0) is 30.2 Å². The number of thioether (sulfide) groups is 1. The molecule has 1 N–H and O–H groups in total. The Morgan fingerprint density at radius 2 is 2.00 bits per heavy atom. The fourth-order valence-corrected chi connectivity index (χ4v) is 2.56. The van der Waals surface area contributed by atoms with Crippen LogP contribution in [-0.2, 0) is 6.42 Å². The van der Waals surface area contributed by atoms with Crippen molar-refractivity contribution in [3.63, 3.8) is 0 Å². The molecule has 0 saturated carbocycles. The van der Waals surface area contributed by atoms with Crippen molar-refractivity contribution < 1.29 is 8.78 Å². The zero-order valence-corrected chi connectivity index (χ0v) is 12.5. The molecule has 1 heterocycles. The van der Waals surface area contributed by atoms with E-state index in [0.717, 1.165) is 29.9 Å². The maximum atomic E-state index is 12.3. The molecule has 0 aliphatic heterocycles. The van der Waals surface area contributed by atoms with E-state index in [9.17, 15) is 8.78 Å². The number of nitrogens with one attached hydrogen (secondary N) is 1. The zero-order valence-electron chi connectivity index (χ0n) is 10.9. The molecular formula is C14H14F2N2S2. The van der Waals surface area contributed by atoms with Crippen LogP contribution in [0.2, 0.25) is 0 Å². The van der Waals surface area contributed by atoms with Crippen molar-refractivity contribution in [2.45, 2.75) is 30.4 Å². The summed E-state index contributed by atoms with van der Waals surface area (Å²) in [5.74, 6) is -1.55. The van der Waals surface area contributed by atoms with Crippen molar-refractivity contribution in [2.75, 3.05) is 0 Å². The van der Waals surface area contributed by atoms with Crippen molar-refractivity contribution in [3.05, 3.63) is 40.8 Å². The molecule has 0 unspecified atom stereocenters. The predicted molar refractivity (Wildman–Crippen MR) is 80.7 cm³/mol. The highest BCUT2D eigenvalue weighted by atomic mass is 32.2. The molecule has 0 aliphatic carbocycles. The van der Waals surface area contributed by atoms with Gasteiger partial charge in [0.1, 0.15) is 10.5 Å². The van der Waals surface area contributed by atoms with Crippen LogP contribution in [0.25, 0.3) is 11.3 Å². The zero-order chi connectivity index (χ0) is 14.5. The average Bonchev–Trinajstić information content (AvgIpc) is 2.38. The monoisotopic (exact) mass is 312 g/mol. The van der Waals surface area contributed by atoms with Crippen LogP contribution in [0.1, 0.15) is 19.2 Å². The van der Waals surface area contributed by atoms with E-state index >= 15 is 0 Å². The highest BCUT2D eigenvalue weighted by Crippen LogP contribution is 2.27. The van der Waals surface area contributed by atoms with Crippen LogP contribution >= 0.6 is 24.0 Å². The predicted octanol–water partition coefficient (Wildman–Crippen LogP) is 5.07. The molecule has 0 atom stereocenters. The van der Waals surface area contributed by atoms with Crippen molar-refractivity contribution in [1.29, 1.82) is 0 Å². The van der Waals surface area contributed by atoms with Gasteiger partial charge in [-0.15, -0.1) is 0 Å². The Morgan fingerprint density at radius 3 is 2.60 bits per heavy atom. The summed E-state index contributed by atoms with van der Waals surface area (Å²) in [6.07, 6.45) is 1.81. The Kier molecular flexibility index (Phi) is 5.25. The van der Waals surface area contributed by atoms with E-state index in [-0.39, 0.29) is 0 Å². The van der Waals surface area contributed by atoms with E-state index in [1.54, 1.807) is 30.3 Å². The smallest absolute Gasteiger partial charge is 0.288 e. The molecule has 0 aliphatic rings. The molecule has 6 heteroatoms. The Bertz CT molecular complexity index is 624. The van der Waals surface area contributed by atoms with Crippen LogP contribution in [-0.4, -0.2) is 15.7 Å². The molecule has 2 rings (SSSR count). The van der Waals surface area contributed by atoms with Crippen molar-refractivity contribution in [2.24, 2.45) is 0 Å². The Labute approximate surface area is 125 Å². The summed E-state index contributed by atoms with van der Waals surface area (Å²) < 4.78 is 25.1. The summed E-state index contributed by atoms with van der Waals surface area (Å²) in [5, 5.41) is 0. The van der Waals surface area contributed by atoms with Gasteiger partial charge in [0.05, 0.1) is 0 Å². The summed E-state index contributed by atoms with van der Waals surface area (Å²) >= 11 is 5.69. The van der Waals surface area contributed by atoms with Gasteiger partial charge in [0.15, 0.2) is 0 Å². The molecule has 0 spiro atoms. The van der Waals surface area contributed by atoms with Crippen molar-refractivity contribution >= 4 is 24.0 Å². The molecule has 0 bridgehead atoms. The summed E-state index contributed by atoms with van der Waals surface area (Å²) in [4.78, 5) is 8.04. The third-order valence-electron chi connectivity index (χ3n) is 2.67. The molecule has 20 heavy (non-hydrogen) atoms. The number of hydrogen-bond donors (Lipinski definition) is 1. The van der Waals surface area contributed by atoms with Gasteiger partial charge in [0.2, 0.25) is 0 Å². The lowest BCUT2D eigenvalue weighted by Crippen LogP contribution is -1.96. The first-order chi connectivity index (χ1) is 9.58. The largest absolute Gasteiger partial charge is 0.343 e. The molecule has 0 fully saturated rings. The van der Waals surface area contributed by atoms with E-state index in [2.05, 4.69) is 16.9 Å². The molecular weight excluding hydrogens is 298 g/mol. The van der Waals surface area contributed by atoms with Gasteiger partial charge in [-0.2, -0.15) is 8.78 Å². The minimum Gasteiger partial charge on any atom is -0.343 e. The molecule has 2 aromatic rings. The Hall–Kier alpha value is -1.27. The summed E-state index contributed by atoms with van der Waals surface area (Å²) in [6, 6.07) is 8.76. The Morgan fingerprint density at radius 1 is 1.30 bits per heavy atom. The third kappa shape index (κ3) is 4.11. The third-order valence-corrected chi connectivity index (χ3v) is 3.60. The summed E-state index contributed by atoms with van der Waals surface area (Å²) in [7, 11) is 0. The molecule has 1 aromatic heterocycles. The fraction of sp³-hybridized carbons (Fsp3) is 0.286. The SMILES string of the molecule is CCCc1nc(=S)cc(-c2ccc(SC(F)F)cc2)[nH]1. The molecule has 2 nitrogen and oxygen atoms in total. The van der Waals surface area contributed by atoms with Gasteiger partial charge >= 0.3 is 0 Å². The minimum absolute atomic E-state index is 0.535. The second-order valence-corrected chi connectivity index (χ2v) is 5.71. The Balaban J connectivity index is 2.29. The topological polar surface area (TPSA) is 28.7 Å². The van der Waals surface area contributed by atoms with E-state index in [1.807, 2.05) is 0 Å². The lowest BCUT2D eigenvalue weighted by atomic mass is 10.1. The average molecular weight is 312 g/mol. The lowest BCUT2D eigenvalue weighted by molar-refractivity contribution is 0.252. The highest BCUT2D eigenvalue weighted by molar-refractivity contribution is 7.99. The van der Waals surface area contributed by atoms with Gasteiger partial charge in [-0.25, -0.2) is 4.98 Å². The molecule has 1 aromatic carbocycles. The van der Waals surface area contributed by atoms with Crippen molar-refractivity contribution in [3.8, 4) is 11.3 Å². The van der Waals surface area contributed by atoms with Gasteiger partial charge < -0.3 is 4.98 Å². The van der Waals surface area contributed by atoms with E-state index in [4.69, 9.17) is 12.2 Å². The van der Waals surface area contributed by atoms with Crippen LogP contribution in [0.4, 0.5) is 8.78 Å². The first-order valence-electron chi connectivity index (χ1n) is 6.24. The van der Waals surface area contributed by atoms with Gasteiger partial charge in [-0.1, -0.05) is 43.0 Å². The number of aromatic nitrogens is 2. The second-order valence-electron chi connectivity index (χ2n) is 4.23. The van der Waals surface area contributed by atoms with Gasteiger partial charge in [-0.3, -0.25) is 0 Å². The number of aromatic amines is 1. The van der Waals surface area contributed by atoms with E-state index < -0.39 is 5.76 Å². The van der Waals surface area contributed by atoms with E-state index in [0.29, 0.717) is 21.3 Å². The number of benzene rings is 1. The number of halogens is 2. The summed E-state index contributed by atoms with van der Waals surface area (Å²) in [6.45, 7) is 2.07. The molecule has 0 radical (unpaired) electrons. The number of hydrogen-bond acceptors (Lipinski definition) is 3. The van der Waals surface area contributed by atoms with Crippen LogP contribution < -0.4 is 0 Å². The number of nitrogens with zero attached hydrogens (tertiary/aromatic N) is 1. The fourth-order valence-electron chi connectivity index (χ4n) is 1.83. The number of H-pyrrole nitrogens is 1. The molecule has 0 amide bonds. The maximum absolute atomic E-state index is 12.3. The van der Waals surface area contributed by atoms with Crippen LogP contribution in [0.15, 0.2) is 35.2 Å². The molecule has 106 valence electrons. The van der Waals surface area contributed by atoms with Gasteiger partial charge in [0, 0.05) is 17.0 Å². The quantitative estimate of drug-likeness (QED) is 0.617. The van der Waals surface area contributed by atoms with Crippen LogP contribution in [0.3, 0.4) is 0 Å². The standard InChI is InChI=1S/C14H14F2N2S2/c1-2-3-12-17-11(8-13(19)18-12)9-4-6-10(7-5-9)20-14(15)16/h4-8,14H,2-3H2,1H3,(H,17,18,19). The van der Waals surface area contributed by atoms with Gasteiger partial charge in [0.25, 0.3) is 5.76 Å². The first-order valence-corrected chi connectivity index (χ1v) is 7.52. The minimum atomic E-state index is -2.40. The number of alkyl halides is 2. The summed E-state index contributed by atoms with van der Waals surface area (Å²) in [5.41, 5.74) is 1.77. The normalized spacial score (nSPS) is 11.0. The highest BCUT2D eigenvalue weighted by Gasteiger charge is 2.06. The maximum Gasteiger partial charge on any atom is 0.288 e. The molecule has 0 saturated heterocycles. The number of aryl methyl sites for hydroxylation is 1. The van der Waals surface area contributed by atoms with E-state index in [1.165, 1.54) is 0 Å².